The summed E-state index contributed by atoms with van der Waals surface area (Å²) < 4.78 is 0. The van der Waals surface area contributed by atoms with Crippen molar-refractivity contribution in [2.75, 3.05) is 0 Å². The van der Waals surface area contributed by atoms with E-state index in [-0.39, 0.29) is 11.3 Å². The monoisotopic (exact) mass is 335 g/mol. The van der Waals surface area contributed by atoms with Crippen molar-refractivity contribution in [3.8, 4) is 0 Å². The van der Waals surface area contributed by atoms with Gasteiger partial charge in [-0.3, -0.25) is 35.3 Å². The number of benzene rings is 1. The molecule has 0 bridgehead atoms. The smallest absolute Gasteiger partial charge is 0.307 e. The van der Waals surface area contributed by atoms with Gasteiger partial charge in [-0.15, -0.1) is 0 Å². The summed E-state index contributed by atoms with van der Waals surface area (Å²) in [5, 5.41) is 19.7. The third-order valence-corrected chi connectivity index (χ3v) is 4.06. The first-order chi connectivity index (χ1) is 11.4. The van der Waals surface area contributed by atoms with Gasteiger partial charge < -0.3 is 5.11 Å². The van der Waals surface area contributed by atoms with E-state index in [0.717, 1.165) is 12.8 Å². The predicted molar refractivity (Wildman–Crippen MR) is 81.8 cm³/mol. The standard InChI is InChI=1S/C15H17N3O6/c19-13(9-5-7-10(8-6-9)18(23)24)16-17-14(20)11-3-1-2-4-12(11)15(21)22/h5-8,11-12H,1-4H2,(H,16,19)(H,17,20)(H,21,22)/t11-,12+/m1/s1. The Hall–Kier alpha value is -2.97. The Morgan fingerprint density at radius 2 is 1.62 bits per heavy atom. The second kappa shape index (κ2) is 7.53. The number of hydrogen-bond acceptors (Lipinski definition) is 5. The molecule has 1 aromatic rings. The number of aliphatic carboxylic acids is 1. The zero-order valence-electron chi connectivity index (χ0n) is 12.7. The van der Waals surface area contributed by atoms with Crippen LogP contribution in [0.5, 0.6) is 0 Å². The molecule has 1 saturated carbocycles. The van der Waals surface area contributed by atoms with Crippen LogP contribution in [0.15, 0.2) is 24.3 Å². The van der Waals surface area contributed by atoms with Gasteiger partial charge in [-0.25, -0.2) is 0 Å². The van der Waals surface area contributed by atoms with Gasteiger partial charge in [-0.1, -0.05) is 12.8 Å². The summed E-state index contributed by atoms with van der Waals surface area (Å²) in [5.74, 6) is -3.64. The molecular formula is C15H17N3O6. The molecule has 1 aromatic carbocycles. The van der Waals surface area contributed by atoms with Crippen molar-refractivity contribution >= 4 is 23.5 Å². The summed E-state index contributed by atoms with van der Waals surface area (Å²) in [5.41, 5.74) is 4.43. The average molecular weight is 335 g/mol. The third kappa shape index (κ3) is 4.06. The Labute approximate surface area is 137 Å². The first-order valence-electron chi connectivity index (χ1n) is 7.47. The molecule has 3 N–H and O–H groups in total. The van der Waals surface area contributed by atoms with E-state index in [0.29, 0.717) is 12.8 Å². The molecule has 1 aliphatic rings. The highest BCUT2D eigenvalue weighted by Crippen LogP contribution is 2.30. The van der Waals surface area contributed by atoms with Crippen LogP contribution in [-0.4, -0.2) is 27.8 Å². The number of amides is 2. The first kappa shape index (κ1) is 17.4. The number of carbonyl (C=O) groups excluding carboxylic acids is 2. The summed E-state index contributed by atoms with van der Waals surface area (Å²) in [6, 6.07) is 4.89. The summed E-state index contributed by atoms with van der Waals surface area (Å²) in [4.78, 5) is 45.2. The van der Waals surface area contributed by atoms with Gasteiger partial charge in [-0.05, 0) is 25.0 Å². The van der Waals surface area contributed by atoms with Gasteiger partial charge in [0.2, 0.25) is 5.91 Å². The number of rotatable bonds is 4. The van der Waals surface area contributed by atoms with Crippen LogP contribution < -0.4 is 10.9 Å². The van der Waals surface area contributed by atoms with Gasteiger partial charge in [0.1, 0.15) is 0 Å². The molecule has 128 valence electrons. The van der Waals surface area contributed by atoms with E-state index >= 15 is 0 Å². The molecule has 24 heavy (non-hydrogen) atoms. The maximum atomic E-state index is 12.1. The van der Waals surface area contributed by atoms with Crippen molar-refractivity contribution in [1.29, 1.82) is 0 Å². The molecule has 2 atom stereocenters. The molecule has 0 radical (unpaired) electrons. The molecule has 0 heterocycles. The van der Waals surface area contributed by atoms with Crippen molar-refractivity contribution in [3.05, 3.63) is 39.9 Å². The number of non-ortho nitro benzene ring substituents is 1. The second-order valence-electron chi connectivity index (χ2n) is 5.58. The molecule has 1 fully saturated rings. The van der Waals surface area contributed by atoms with Crippen molar-refractivity contribution in [2.45, 2.75) is 25.7 Å². The van der Waals surface area contributed by atoms with Gasteiger partial charge in [0.25, 0.3) is 11.6 Å². The lowest BCUT2D eigenvalue weighted by Gasteiger charge is -2.27. The van der Waals surface area contributed by atoms with Crippen molar-refractivity contribution in [3.63, 3.8) is 0 Å². The van der Waals surface area contributed by atoms with Crippen LogP contribution in [0.1, 0.15) is 36.0 Å². The number of carboxylic acids is 1. The third-order valence-electron chi connectivity index (χ3n) is 4.06. The molecule has 0 aromatic heterocycles. The van der Waals surface area contributed by atoms with Crippen LogP contribution in [0.25, 0.3) is 0 Å². The van der Waals surface area contributed by atoms with E-state index < -0.39 is 34.5 Å². The maximum Gasteiger partial charge on any atom is 0.307 e. The zero-order valence-corrected chi connectivity index (χ0v) is 12.7. The molecule has 0 saturated heterocycles. The van der Waals surface area contributed by atoms with E-state index in [1.807, 2.05) is 0 Å². The lowest BCUT2D eigenvalue weighted by atomic mass is 9.79. The highest BCUT2D eigenvalue weighted by atomic mass is 16.6. The topological polar surface area (TPSA) is 139 Å². The van der Waals surface area contributed by atoms with Crippen LogP contribution >= 0.6 is 0 Å². The Kier molecular flexibility index (Phi) is 5.46. The maximum absolute atomic E-state index is 12.1. The summed E-state index contributed by atoms with van der Waals surface area (Å²) in [7, 11) is 0. The van der Waals surface area contributed by atoms with E-state index in [4.69, 9.17) is 5.11 Å². The van der Waals surface area contributed by atoms with Gasteiger partial charge in [0.05, 0.1) is 16.8 Å². The molecule has 2 amide bonds. The number of nitro benzene ring substituents is 1. The van der Waals surface area contributed by atoms with Crippen LogP contribution in [0, 0.1) is 22.0 Å². The van der Waals surface area contributed by atoms with Crippen molar-refractivity contribution in [2.24, 2.45) is 11.8 Å². The number of nitrogens with one attached hydrogen (secondary N) is 2. The van der Waals surface area contributed by atoms with Crippen LogP contribution in [-0.2, 0) is 9.59 Å². The Balaban J connectivity index is 1.94. The molecule has 0 spiro atoms. The van der Waals surface area contributed by atoms with Gasteiger partial charge in [-0.2, -0.15) is 0 Å². The Bertz CT molecular complexity index is 658. The fourth-order valence-corrected chi connectivity index (χ4v) is 2.76. The van der Waals surface area contributed by atoms with Gasteiger partial charge >= 0.3 is 5.97 Å². The van der Waals surface area contributed by atoms with E-state index in [1.165, 1.54) is 24.3 Å². The second-order valence-corrected chi connectivity index (χ2v) is 5.58. The number of nitro groups is 1. The lowest BCUT2D eigenvalue weighted by molar-refractivity contribution is -0.384. The fraction of sp³-hybridized carbons (Fsp3) is 0.400. The van der Waals surface area contributed by atoms with Crippen LogP contribution in [0.4, 0.5) is 5.69 Å². The summed E-state index contributed by atoms with van der Waals surface area (Å²) >= 11 is 0. The minimum Gasteiger partial charge on any atom is -0.481 e. The largest absolute Gasteiger partial charge is 0.481 e. The normalized spacial score (nSPS) is 20.0. The molecule has 2 rings (SSSR count). The molecule has 9 heteroatoms. The highest BCUT2D eigenvalue weighted by Gasteiger charge is 2.35. The molecule has 1 aliphatic carbocycles. The number of carbonyl (C=O) groups is 3. The molecular weight excluding hydrogens is 318 g/mol. The van der Waals surface area contributed by atoms with Crippen LogP contribution in [0.3, 0.4) is 0 Å². The molecule has 0 aliphatic heterocycles. The Morgan fingerprint density at radius 1 is 1.04 bits per heavy atom. The number of hydrazine groups is 1. The minimum atomic E-state index is -1.02. The van der Waals surface area contributed by atoms with E-state index in [9.17, 15) is 24.5 Å². The zero-order chi connectivity index (χ0) is 17.7. The quantitative estimate of drug-likeness (QED) is 0.559. The lowest BCUT2D eigenvalue weighted by Crippen LogP contribution is -2.47. The van der Waals surface area contributed by atoms with Gasteiger partial charge in [0, 0.05) is 17.7 Å². The number of hydrogen-bond donors (Lipinski definition) is 3. The summed E-state index contributed by atoms with van der Waals surface area (Å²) in [6.45, 7) is 0. The molecule has 0 unspecified atom stereocenters. The highest BCUT2D eigenvalue weighted by molar-refractivity contribution is 5.96. The number of carboxylic acid groups (broad SMARTS) is 1. The van der Waals surface area contributed by atoms with Crippen molar-refractivity contribution < 1.29 is 24.4 Å². The Morgan fingerprint density at radius 3 is 2.17 bits per heavy atom. The fourth-order valence-electron chi connectivity index (χ4n) is 2.76. The van der Waals surface area contributed by atoms with Crippen molar-refractivity contribution in [1.82, 2.24) is 10.9 Å². The molecule has 9 nitrogen and oxygen atoms in total. The summed E-state index contributed by atoms with van der Waals surface area (Å²) in [6.07, 6.45) is 2.41. The predicted octanol–water partition coefficient (Wildman–Crippen LogP) is 1.25. The average Bonchev–Trinajstić information content (AvgIpc) is 2.59. The van der Waals surface area contributed by atoms with E-state index in [1.54, 1.807) is 0 Å². The van der Waals surface area contributed by atoms with Crippen LogP contribution in [0.2, 0.25) is 0 Å². The SMILES string of the molecule is O=C(NNC(=O)[C@@H]1CCCC[C@@H]1C(=O)O)c1ccc([N+](=O)[O-])cc1. The van der Waals surface area contributed by atoms with E-state index in [2.05, 4.69) is 10.9 Å². The van der Waals surface area contributed by atoms with Gasteiger partial charge in [0.15, 0.2) is 0 Å². The number of nitrogens with zero attached hydrogens (tertiary/aromatic N) is 1. The minimum absolute atomic E-state index is 0.138. The first-order valence-corrected chi connectivity index (χ1v) is 7.47.